The van der Waals surface area contributed by atoms with Gasteiger partial charge in [0, 0.05) is 18.1 Å². The highest BCUT2D eigenvalue weighted by molar-refractivity contribution is 6.05. The van der Waals surface area contributed by atoms with E-state index < -0.39 is 17.5 Å². The number of oxazole rings is 1. The zero-order valence-electron chi connectivity index (χ0n) is 14.8. The second kappa shape index (κ2) is 7.60. The van der Waals surface area contributed by atoms with E-state index in [1.165, 1.54) is 11.6 Å². The monoisotopic (exact) mass is 378 g/mol. The van der Waals surface area contributed by atoms with Gasteiger partial charge in [-0.25, -0.2) is 13.8 Å². The molecule has 4 rings (SSSR count). The van der Waals surface area contributed by atoms with Crippen LogP contribution in [0.25, 0.3) is 11.1 Å². The average molecular weight is 378 g/mol. The number of hydrogen-bond acceptors (Lipinski definition) is 3. The molecule has 0 radical (unpaired) electrons. The van der Waals surface area contributed by atoms with Gasteiger partial charge in [0.05, 0.1) is 5.69 Å². The summed E-state index contributed by atoms with van der Waals surface area (Å²) in [7, 11) is 0. The van der Waals surface area contributed by atoms with E-state index in [1.807, 2.05) is 30.3 Å². The largest absolute Gasteiger partial charge is 0.441 e. The lowest BCUT2D eigenvalue weighted by Gasteiger charge is -2.06. The molecule has 0 aliphatic rings. The number of nitrogens with one attached hydrogen (secondary N) is 1. The molecule has 0 aliphatic carbocycles. The minimum Gasteiger partial charge on any atom is -0.441 e. The number of carbonyl (C=O) groups excluding carboxylic acids is 1. The average Bonchev–Trinajstić information content (AvgIpc) is 3.11. The van der Waals surface area contributed by atoms with E-state index in [2.05, 4.69) is 10.3 Å². The van der Waals surface area contributed by atoms with Crippen LogP contribution in [0.3, 0.4) is 0 Å². The Morgan fingerprint density at radius 3 is 2.57 bits per heavy atom. The number of fused-ring (bicyclic) bond motifs is 1. The van der Waals surface area contributed by atoms with Gasteiger partial charge in [-0.2, -0.15) is 0 Å². The molecule has 6 heteroatoms. The second-order valence-electron chi connectivity index (χ2n) is 6.35. The van der Waals surface area contributed by atoms with Crippen molar-refractivity contribution in [3.05, 3.63) is 95.4 Å². The van der Waals surface area contributed by atoms with E-state index in [9.17, 15) is 13.6 Å². The van der Waals surface area contributed by atoms with E-state index >= 15 is 0 Å². The van der Waals surface area contributed by atoms with Crippen molar-refractivity contribution in [2.75, 3.05) is 5.32 Å². The van der Waals surface area contributed by atoms with E-state index in [0.717, 1.165) is 12.5 Å². The van der Waals surface area contributed by atoms with E-state index in [1.54, 1.807) is 18.2 Å². The summed E-state index contributed by atoms with van der Waals surface area (Å²) < 4.78 is 32.5. The normalized spacial score (nSPS) is 10.9. The molecule has 28 heavy (non-hydrogen) atoms. The number of halogens is 2. The van der Waals surface area contributed by atoms with E-state index in [4.69, 9.17) is 4.42 Å². The topological polar surface area (TPSA) is 55.1 Å². The number of hydrogen-bond donors (Lipinski definition) is 1. The second-order valence-corrected chi connectivity index (χ2v) is 6.35. The lowest BCUT2D eigenvalue weighted by Crippen LogP contribution is -2.13. The van der Waals surface area contributed by atoms with Crippen molar-refractivity contribution in [3.63, 3.8) is 0 Å². The van der Waals surface area contributed by atoms with Crippen molar-refractivity contribution in [1.29, 1.82) is 0 Å². The number of anilines is 1. The molecule has 140 valence electrons. The van der Waals surface area contributed by atoms with Gasteiger partial charge in [-0.15, -0.1) is 0 Å². The number of amides is 1. The summed E-state index contributed by atoms with van der Waals surface area (Å²) in [5, 5.41) is 2.43. The third kappa shape index (κ3) is 3.91. The molecular formula is C22H16F2N2O2. The number of carbonyl (C=O) groups is 1. The van der Waals surface area contributed by atoms with Gasteiger partial charge in [-0.1, -0.05) is 30.3 Å². The van der Waals surface area contributed by atoms with Gasteiger partial charge in [0.2, 0.25) is 0 Å². The van der Waals surface area contributed by atoms with Crippen LogP contribution in [0, 0.1) is 11.6 Å². The summed E-state index contributed by atoms with van der Waals surface area (Å²) in [5.41, 5.74) is 2.52. The van der Waals surface area contributed by atoms with E-state index in [-0.39, 0.29) is 5.69 Å². The molecule has 1 aromatic heterocycles. The SMILES string of the molecule is O=C(Nc1ccc(F)cc1F)c1ccc2nc(CCc3ccccc3)oc2c1. The highest BCUT2D eigenvalue weighted by atomic mass is 19.1. The Hall–Kier alpha value is -3.54. The quantitative estimate of drug-likeness (QED) is 0.523. The third-order valence-corrected chi connectivity index (χ3v) is 4.34. The zero-order valence-corrected chi connectivity index (χ0v) is 14.8. The van der Waals surface area contributed by atoms with Crippen LogP contribution in [0.2, 0.25) is 0 Å². The van der Waals surface area contributed by atoms with Crippen molar-refractivity contribution in [1.82, 2.24) is 4.98 Å². The Balaban J connectivity index is 1.50. The molecule has 0 saturated carbocycles. The lowest BCUT2D eigenvalue weighted by molar-refractivity contribution is 0.102. The number of aromatic nitrogens is 1. The first-order valence-electron chi connectivity index (χ1n) is 8.78. The molecule has 3 aromatic carbocycles. The minimum atomic E-state index is -0.836. The van der Waals surface area contributed by atoms with Crippen molar-refractivity contribution >= 4 is 22.7 Å². The Morgan fingerprint density at radius 1 is 0.964 bits per heavy atom. The van der Waals surface area contributed by atoms with Crippen LogP contribution < -0.4 is 5.32 Å². The van der Waals surface area contributed by atoms with Gasteiger partial charge >= 0.3 is 0 Å². The van der Waals surface area contributed by atoms with Gasteiger partial charge in [-0.05, 0) is 42.3 Å². The van der Waals surface area contributed by atoms with Crippen molar-refractivity contribution in [3.8, 4) is 0 Å². The summed E-state index contributed by atoms with van der Waals surface area (Å²) in [6, 6.07) is 17.8. The van der Waals surface area contributed by atoms with Crippen molar-refractivity contribution in [2.24, 2.45) is 0 Å². The molecule has 1 N–H and O–H groups in total. The lowest BCUT2D eigenvalue weighted by atomic mass is 10.1. The summed E-state index contributed by atoms with van der Waals surface area (Å²) in [5.74, 6) is -1.48. The fourth-order valence-electron chi connectivity index (χ4n) is 2.90. The first-order valence-corrected chi connectivity index (χ1v) is 8.78. The number of nitrogens with zero attached hydrogens (tertiary/aromatic N) is 1. The van der Waals surface area contributed by atoms with Crippen LogP contribution in [0.5, 0.6) is 0 Å². The summed E-state index contributed by atoms with van der Waals surface area (Å²) >= 11 is 0. The van der Waals surface area contributed by atoms with Crippen LogP contribution in [0.15, 0.2) is 71.1 Å². The van der Waals surface area contributed by atoms with Crippen LogP contribution in [0.1, 0.15) is 21.8 Å². The Kier molecular flexibility index (Phi) is 4.85. The molecule has 0 aliphatic heterocycles. The molecule has 0 bridgehead atoms. The number of rotatable bonds is 5. The van der Waals surface area contributed by atoms with Crippen LogP contribution in [-0.4, -0.2) is 10.9 Å². The predicted octanol–water partition coefficient (Wildman–Crippen LogP) is 5.14. The molecular weight excluding hydrogens is 362 g/mol. The maximum atomic E-state index is 13.7. The molecule has 4 aromatic rings. The third-order valence-electron chi connectivity index (χ3n) is 4.34. The van der Waals surface area contributed by atoms with Crippen molar-refractivity contribution < 1.29 is 18.0 Å². The molecule has 0 atom stereocenters. The van der Waals surface area contributed by atoms with Gasteiger partial charge in [0.25, 0.3) is 5.91 Å². The molecule has 0 fully saturated rings. The van der Waals surface area contributed by atoms with Crippen LogP contribution in [-0.2, 0) is 12.8 Å². The summed E-state index contributed by atoms with van der Waals surface area (Å²) in [6.45, 7) is 0. The fraction of sp³-hybridized carbons (Fsp3) is 0.0909. The summed E-state index contributed by atoms with van der Waals surface area (Å²) in [4.78, 5) is 16.8. The molecule has 1 heterocycles. The maximum Gasteiger partial charge on any atom is 0.255 e. The fourth-order valence-corrected chi connectivity index (χ4v) is 2.90. The first kappa shape index (κ1) is 17.9. The highest BCUT2D eigenvalue weighted by Gasteiger charge is 2.13. The number of aryl methyl sites for hydroxylation is 2. The zero-order chi connectivity index (χ0) is 19.5. The molecule has 0 saturated heterocycles. The number of benzene rings is 3. The first-order chi connectivity index (χ1) is 13.6. The minimum absolute atomic E-state index is 0.0902. The smallest absolute Gasteiger partial charge is 0.255 e. The van der Waals surface area contributed by atoms with Gasteiger partial charge in [-0.3, -0.25) is 4.79 Å². The van der Waals surface area contributed by atoms with Gasteiger partial charge in [0.15, 0.2) is 11.5 Å². The van der Waals surface area contributed by atoms with Gasteiger partial charge < -0.3 is 9.73 Å². The van der Waals surface area contributed by atoms with E-state index in [0.29, 0.717) is 35.0 Å². The Bertz CT molecular complexity index is 1140. The standard InChI is InChI=1S/C22H16F2N2O2/c23-16-8-10-18(17(24)13-16)26-22(27)15-7-9-19-20(12-15)28-21(25-19)11-6-14-4-2-1-3-5-14/h1-5,7-10,12-13H,6,11H2,(H,26,27). The Labute approximate surface area is 159 Å². The molecule has 4 nitrogen and oxygen atoms in total. The maximum absolute atomic E-state index is 13.7. The molecule has 1 amide bonds. The van der Waals surface area contributed by atoms with Crippen molar-refractivity contribution in [2.45, 2.75) is 12.8 Å². The molecule has 0 spiro atoms. The Morgan fingerprint density at radius 2 is 1.79 bits per heavy atom. The van der Waals surface area contributed by atoms with Crippen LogP contribution >= 0.6 is 0 Å². The van der Waals surface area contributed by atoms with Gasteiger partial charge in [0.1, 0.15) is 17.2 Å². The molecule has 0 unspecified atom stereocenters. The van der Waals surface area contributed by atoms with Crippen LogP contribution in [0.4, 0.5) is 14.5 Å². The summed E-state index contributed by atoms with van der Waals surface area (Å²) in [6.07, 6.45) is 1.44. The highest BCUT2D eigenvalue weighted by Crippen LogP contribution is 2.21. The predicted molar refractivity (Wildman–Crippen MR) is 102 cm³/mol.